The van der Waals surface area contributed by atoms with Crippen LogP contribution >= 0.6 is 0 Å². The molecule has 3 N–H and O–H groups in total. The van der Waals surface area contributed by atoms with Crippen molar-refractivity contribution in [2.24, 2.45) is 5.41 Å². The van der Waals surface area contributed by atoms with Crippen molar-refractivity contribution >= 4 is 16.1 Å². The lowest BCUT2D eigenvalue weighted by Crippen LogP contribution is -2.66. The van der Waals surface area contributed by atoms with E-state index in [0.717, 1.165) is 57.4 Å². The van der Waals surface area contributed by atoms with Gasteiger partial charge in [-0.3, -0.25) is 4.79 Å². The van der Waals surface area contributed by atoms with Gasteiger partial charge in [0.15, 0.2) is 5.69 Å². The molecule has 3 atom stereocenters. The van der Waals surface area contributed by atoms with Crippen LogP contribution in [-0.4, -0.2) is 61.0 Å². The molecule has 164 valence electrons. The Morgan fingerprint density at radius 2 is 1.83 bits per heavy atom. The van der Waals surface area contributed by atoms with E-state index in [0.29, 0.717) is 29.9 Å². The van der Waals surface area contributed by atoms with Gasteiger partial charge in [0.2, 0.25) is 0 Å². The molecule has 6 rings (SSSR count). The zero-order valence-electron chi connectivity index (χ0n) is 17.0. The van der Waals surface area contributed by atoms with Gasteiger partial charge in [0.25, 0.3) is 16.1 Å². The van der Waals surface area contributed by atoms with Crippen LogP contribution in [0.4, 0.5) is 0 Å². The molecule has 1 aromatic rings. The molecule has 0 unspecified atom stereocenters. The third-order valence-electron chi connectivity index (χ3n) is 7.69. The van der Waals surface area contributed by atoms with Crippen molar-refractivity contribution in [3.05, 3.63) is 17.5 Å². The van der Waals surface area contributed by atoms with Crippen LogP contribution in [-0.2, 0) is 10.2 Å². The van der Waals surface area contributed by atoms with Gasteiger partial charge in [-0.2, -0.15) is 17.4 Å². The molecule has 2 aliphatic carbocycles. The zero-order chi connectivity index (χ0) is 20.5. The summed E-state index contributed by atoms with van der Waals surface area (Å²) in [5.41, 5.74) is 0.662. The van der Waals surface area contributed by atoms with Gasteiger partial charge < -0.3 is 15.2 Å². The summed E-state index contributed by atoms with van der Waals surface area (Å²) in [5.74, 6) is 0.989. The second kappa shape index (κ2) is 6.75. The highest BCUT2D eigenvalue weighted by atomic mass is 32.2. The minimum atomic E-state index is -3.49. The summed E-state index contributed by atoms with van der Waals surface area (Å²) in [7, 11) is -3.49. The van der Waals surface area contributed by atoms with Crippen LogP contribution in [0, 0.1) is 5.41 Å². The van der Waals surface area contributed by atoms with Crippen molar-refractivity contribution < 1.29 is 17.7 Å². The van der Waals surface area contributed by atoms with E-state index in [2.05, 4.69) is 20.5 Å². The highest BCUT2D eigenvalue weighted by Crippen LogP contribution is 2.45. The summed E-state index contributed by atoms with van der Waals surface area (Å²) in [5, 5.41) is 10.3. The number of carbonyl (C=O) groups is 1. The van der Waals surface area contributed by atoms with Crippen molar-refractivity contribution in [3.63, 3.8) is 0 Å². The van der Waals surface area contributed by atoms with Crippen LogP contribution in [0.15, 0.2) is 10.6 Å². The normalized spacial score (nSPS) is 33.3. The number of hydrogen-bond donors (Lipinski definition) is 3. The summed E-state index contributed by atoms with van der Waals surface area (Å²) >= 11 is 0. The molecular formula is C20H29N5O4S. The standard InChI is InChI=1S/C20H29N5O4S/c26-19(17-7-18(29-23-17)12-1-2-12)22-13-5-15-3-4-16(6-13)25(15)30(27,28)24-14-8-20(9-14)10-21-11-20/h7,12-16,21,24H,1-6,8-11H2,(H,22,26)/t13-,15+,16-. The Bertz CT molecular complexity index is 932. The topological polar surface area (TPSA) is 117 Å². The largest absolute Gasteiger partial charge is 0.360 e. The van der Waals surface area contributed by atoms with Crippen LogP contribution in [0.3, 0.4) is 0 Å². The fourth-order valence-electron chi connectivity index (χ4n) is 5.97. The SMILES string of the molecule is O=C(N[C@H]1C[C@H]2CC[C@@H](C1)N2S(=O)(=O)NC1CC2(CNC2)C1)c1cc(C2CC2)on1. The molecule has 1 amide bonds. The molecule has 10 heteroatoms. The third kappa shape index (κ3) is 3.28. The molecule has 0 radical (unpaired) electrons. The molecule has 9 nitrogen and oxygen atoms in total. The molecule has 30 heavy (non-hydrogen) atoms. The summed E-state index contributed by atoms with van der Waals surface area (Å²) in [6, 6.07) is 1.67. The average Bonchev–Trinajstić information content (AvgIpc) is 3.29. The molecule has 1 aromatic heterocycles. The van der Waals surface area contributed by atoms with E-state index in [4.69, 9.17) is 4.52 Å². The van der Waals surface area contributed by atoms with Gasteiger partial charge in [-0.1, -0.05) is 5.16 Å². The van der Waals surface area contributed by atoms with Crippen LogP contribution < -0.4 is 15.4 Å². The van der Waals surface area contributed by atoms with Crippen molar-refractivity contribution in [1.82, 2.24) is 24.8 Å². The van der Waals surface area contributed by atoms with E-state index in [1.54, 1.807) is 10.4 Å². The molecule has 5 fully saturated rings. The van der Waals surface area contributed by atoms with Crippen LogP contribution in [0.2, 0.25) is 0 Å². The van der Waals surface area contributed by atoms with Crippen LogP contribution in [0.25, 0.3) is 0 Å². The summed E-state index contributed by atoms with van der Waals surface area (Å²) in [4.78, 5) is 12.6. The number of hydrogen-bond acceptors (Lipinski definition) is 6. The number of nitrogens with one attached hydrogen (secondary N) is 3. The Morgan fingerprint density at radius 1 is 1.13 bits per heavy atom. The van der Waals surface area contributed by atoms with Gasteiger partial charge in [-0.05, 0) is 56.8 Å². The average molecular weight is 436 g/mol. The highest BCUT2D eigenvalue weighted by molar-refractivity contribution is 7.87. The molecule has 0 aromatic carbocycles. The van der Waals surface area contributed by atoms with Crippen molar-refractivity contribution in [2.75, 3.05) is 13.1 Å². The molecular weight excluding hydrogens is 406 g/mol. The molecule has 4 heterocycles. The first-order valence-electron chi connectivity index (χ1n) is 11.2. The first kappa shape index (κ1) is 19.2. The molecule has 3 saturated heterocycles. The molecule has 1 spiro atoms. The smallest absolute Gasteiger partial charge is 0.280 e. The summed E-state index contributed by atoms with van der Waals surface area (Å²) in [6.45, 7) is 2.02. The Hall–Kier alpha value is -1.49. The maximum absolute atomic E-state index is 13.1. The predicted molar refractivity (Wildman–Crippen MR) is 108 cm³/mol. The molecule has 2 saturated carbocycles. The van der Waals surface area contributed by atoms with E-state index < -0.39 is 10.2 Å². The number of rotatable bonds is 6. The minimum absolute atomic E-state index is 0.0319. The number of aromatic nitrogens is 1. The van der Waals surface area contributed by atoms with E-state index >= 15 is 0 Å². The summed E-state index contributed by atoms with van der Waals surface area (Å²) in [6.07, 6.45) is 7.06. The van der Waals surface area contributed by atoms with Crippen molar-refractivity contribution in [2.45, 2.75) is 81.5 Å². The monoisotopic (exact) mass is 435 g/mol. The Kier molecular flexibility index (Phi) is 4.32. The van der Waals surface area contributed by atoms with E-state index in [1.165, 1.54) is 0 Å². The van der Waals surface area contributed by atoms with Gasteiger partial charge >= 0.3 is 0 Å². The Labute approximate surface area is 176 Å². The van der Waals surface area contributed by atoms with Crippen molar-refractivity contribution in [1.29, 1.82) is 0 Å². The zero-order valence-corrected chi connectivity index (χ0v) is 17.8. The quantitative estimate of drug-likeness (QED) is 0.610. The predicted octanol–water partition coefficient (Wildman–Crippen LogP) is 0.864. The maximum atomic E-state index is 13.1. The van der Waals surface area contributed by atoms with Gasteiger partial charge in [-0.15, -0.1) is 0 Å². The number of nitrogens with zero attached hydrogens (tertiary/aromatic N) is 2. The van der Waals surface area contributed by atoms with Crippen LogP contribution in [0.5, 0.6) is 0 Å². The van der Waals surface area contributed by atoms with Gasteiger partial charge in [0, 0.05) is 49.2 Å². The van der Waals surface area contributed by atoms with E-state index in [1.807, 2.05) is 0 Å². The van der Waals surface area contributed by atoms with Gasteiger partial charge in [-0.25, -0.2) is 0 Å². The maximum Gasteiger partial charge on any atom is 0.280 e. The number of piperidine rings is 1. The van der Waals surface area contributed by atoms with Gasteiger partial charge in [0.1, 0.15) is 5.76 Å². The van der Waals surface area contributed by atoms with Crippen molar-refractivity contribution in [3.8, 4) is 0 Å². The Balaban J connectivity index is 1.07. The lowest BCUT2D eigenvalue weighted by molar-refractivity contribution is 0.0317. The highest BCUT2D eigenvalue weighted by Gasteiger charge is 2.52. The second-order valence-corrected chi connectivity index (χ2v) is 11.7. The van der Waals surface area contributed by atoms with E-state index in [-0.39, 0.29) is 30.1 Å². The number of amides is 1. The fraction of sp³-hybridized carbons (Fsp3) is 0.800. The second-order valence-electron chi connectivity index (χ2n) is 10.1. The lowest BCUT2D eigenvalue weighted by atomic mass is 9.62. The molecule has 5 aliphatic rings. The number of carbonyl (C=O) groups excluding carboxylic acids is 1. The Morgan fingerprint density at radius 3 is 2.43 bits per heavy atom. The fourth-order valence-corrected chi connectivity index (χ4v) is 7.85. The summed E-state index contributed by atoms with van der Waals surface area (Å²) < 4.78 is 36.1. The first-order valence-corrected chi connectivity index (χ1v) is 12.6. The lowest BCUT2D eigenvalue weighted by Gasteiger charge is -2.54. The third-order valence-corrected chi connectivity index (χ3v) is 9.48. The number of fused-ring (bicyclic) bond motifs is 2. The van der Waals surface area contributed by atoms with Crippen LogP contribution in [0.1, 0.15) is 73.5 Å². The molecule has 3 aliphatic heterocycles. The molecule has 2 bridgehead atoms. The first-order chi connectivity index (χ1) is 14.4. The minimum Gasteiger partial charge on any atom is -0.360 e. The van der Waals surface area contributed by atoms with E-state index in [9.17, 15) is 13.2 Å². The van der Waals surface area contributed by atoms with Gasteiger partial charge in [0.05, 0.1) is 0 Å².